The number of benzene rings is 2. The van der Waals surface area contributed by atoms with Crippen molar-refractivity contribution in [3.8, 4) is 0 Å². The van der Waals surface area contributed by atoms with Gasteiger partial charge in [-0.3, -0.25) is 14.9 Å². The Morgan fingerprint density at radius 2 is 1.85 bits per heavy atom. The molecule has 1 heterocycles. The predicted molar refractivity (Wildman–Crippen MR) is 108 cm³/mol. The summed E-state index contributed by atoms with van der Waals surface area (Å²) < 4.78 is 0. The molecule has 6 nitrogen and oxygen atoms in total. The van der Waals surface area contributed by atoms with Crippen LogP contribution in [0.4, 0.5) is 17.1 Å². The van der Waals surface area contributed by atoms with Gasteiger partial charge in [-0.2, -0.15) is 0 Å². The van der Waals surface area contributed by atoms with Gasteiger partial charge in [0.25, 0.3) is 11.6 Å². The first kappa shape index (κ1) is 18.9. The summed E-state index contributed by atoms with van der Waals surface area (Å²) in [6.07, 6.45) is 3.12. The third-order valence-electron chi connectivity index (χ3n) is 5.23. The molecule has 0 saturated carbocycles. The molecule has 2 aromatic carbocycles. The van der Waals surface area contributed by atoms with Crippen LogP contribution in [0, 0.1) is 10.1 Å². The summed E-state index contributed by atoms with van der Waals surface area (Å²) in [4.78, 5) is 25.6. The third-order valence-corrected chi connectivity index (χ3v) is 5.23. The number of rotatable bonds is 6. The fraction of sp³-hybridized carbons (Fsp3) is 0.381. The van der Waals surface area contributed by atoms with Crippen molar-refractivity contribution in [1.29, 1.82) is 0 Å². The lowest BCUT2D eigenvalue weighted by atomic mass is 9.98. The van der Waals surface area contributed by atoms with Crippen molar-refractivity contribution >= 4 is 23.0 Å². The fourth-order valence-corrected chi connectivity index (χ4v) is 3.37. The summed E-state index contributed by atoms with van der Waals surface area (Å²) >= 11 is 0. The number of nitro benzene ring substituents is 1. The average Bonchev–Trinajstić information content (AvgIpc) is 3.22. The maximum Gasteiger partial charge on any atom is 0.293 e. The van der Waals surface area contributed by atoms with Gasteiger partial charge in [0.15, 0.2) is 0 Å². The molecule has 0 aromatic heterocycles. The van der Waals surface area contributed by atoms with Crippen LogP contribution in [0.25, 0.3) is 0 Å². The summed E-state index contributed by atoms with van der Waals surface area (Å²) in [6, 6.07) is 12.5. The minimum atomic E-state index is -0.411. The second kappa shape index (κ2) is 8.20. The Labute approximate surface area is 159 Å². The highest BCUT2D eigenvalue weighted by Crippen LogP contribution is 2.32. The van der Waals surface area contributed by atoms with E-state index >= 15 is 0 Å². The van der Waals surface area contributed by atoms with Gasteiger partial charge in [0.2, 0.25) is 0 Å². The van der Waals surface area contributed by atoms with Gasteiger partial charge in [-0.15, -0.1) is 0 Å². The van der Waals surface area contributed by atoms with Crippen LogP contribution in [0.2, 0.25) is 0 Å². The van der Waals surface area contributed by atoms with E-state index in [9.17, 15) is 14.9 Å². The number of nitrogens with one attached hydrogen (secondary N) is 1. The zero-order valence-electron chi connectivity index (χ0n) is 15.8. The molecule has 1 aliphatic heterocycles. The zero-order chi connectivity index (χ0) is 19.4. The lowest BCUT2D eigenvalue weighted by molar-refractivity contribution is -0.384. The lowest BCUT2D eigenvalue weighted by Crippen LogP contribution is -2.19. The number of nitrogens with zero attached hydrogens (tertiary/aromatic N) is 2. The monoisotopic (exact) mass is 367 g/mol. The first-order valence-corrected chi connectivity index (χ1v) is 9.44. The lowest BCUT2D eigenvalue weighted by Gasteiger charge is -2.18. The standard InChI is InChI=1S/C21H25N3O3/c1-3-15(2)16-6-9-18(10-7-16)22-21(25)17-8-11-19(20(14-17)24(26)27)23-12-4-5-13-23/h6-11,14-15H,3-5,12-13H2,1-2H3,(H,22,25)/t15-/m1/s1. The van der Waals surface area contributed by atoms with E-state index in [1.54, 1.807) is 12.1 Å². The highest BCUT2D eigenvalue weighted by molar-refractivity contribution is 6.05. The van der Waals surface area contributed by atoms with E-state index < -0.39 is 4.92 Å². The summed E-state index contributed by atoms with van der Waals surface area (Å²) in [5, 5.41) is 14.3. The summed E-state index contributed by atoms with van der Waals surface area (Å²) in [6.45, 7) is 5.93. The Bertz CT molecular complexity index is 827. The van der Waals surface area contributed by atoms with E-state index in [-0.39, 0.29) is 17.2 Å². The number of hydrogen-bond donors (Lipinski definition) is 1. The van der Waals surface area contributed by atoms with Crippen molar-refractivity contribution in [2.24, 2.45) is 0 Å². The number of carbonyl (C=O) groups is 1. The van der Waals surface area contributed by atoms with Gasteiger partial charge in [0, 0.05) is 30.4 Å². The highest BCUT2D eigenvalue weighted by atomic mass is 16.6. The number of amides is 1. The fourth-order valence-electron chi connectivity index (χ4n) is 3.37. The average molecular weight is 367 g/mol. The van der Waals surface area contributed by atoms with Gasteiger partial charge in [-0.25, -0.2) is 0 Å². The van der Waals surface area contributed by atoms with Gasteiger partial charge >= 0.3 is 0 Å². The van der Waals surface area contributed by atoms with Crippen molar-refractivity contribution < 1.29 is 9.72 Å². The molecule has 0 unspecified atom stereocenters. The van der Waals surface area contributed by atoms with Crippen LogP contribution in [-0.4, -0.2) is 23.9 Å². The second-order valence-corrected chi connectivity index (χ2v) is 7.04. The molecule has 0 spiro atoms. The van der Waals surface area contributed by atoms with Crippen LogP contribution in [0.1, 0.15) is 54.9 Å². The van der Waals surface area contributed by atoms with Crippen LogP contribution in [-0.2, 0) is 0 Å². The van der Waals surface area contributed by atoms with Crippen LogP contribution >= 0.6 is 0 Å². The molecule has 1 atom stereocenters. The minimum Gasteiger partial charge on any atom is -0.366 e. The van der Waals surface area contributed by atoms with E-state index in [0.717, 1.165) is 32.4 Å². The molecule has 27 heavy (non-hydrogen) atoms. The normalized spacial score (nSPS) is 14.8. The molecule has 1 saturated heterocycles. The summed E-state index contributed by atoms with van der Waals surface area (Å²) in [5.74, 6) is 0.123. The maximum absolute atomic E-state index is 12.5. The summed E-state index contributed by atoms with van der Waals surface area (Å²) in [7, 11) is 0. The molecule has 0 bridgehead atoms. The molecule has 1 fully saturated rings. The largest absolute Gasteiger partial charge is 0.366 e. The second-order valence-electron chi connectivity index (χ2n) is 7.04. The SMILES string of the molecule is CC[C@@H](C)c1ccc(NC(=O)c2ccc(N3CCCC3)c([N+](=O)[O-])c2)cc1. The zero-order valence-corrected chi connectivity index (χ0v) is 15.8. The Hall–Kier alpha value is -2.89. The topological polar surface area (TPSA) is 75.5 Å². The third kappa shape index (κ3) is 4.27. The molecule has 2 aromatic rings. The minimum absolute atomic E-state index is 0.0170. The van der Waals surface area contributed by atoms with E-state index in [0.29, 0.717) is 17.3 Å². The Balaban J connectivity index is 1.78. The molecule has 1 N–H and O–H groups in total. The van der Waals surface area contributed by atoms with Gasteiger partial charge < -0.3 is 10.2 Å². The predicted octanol–water partition coefficient (Wildman–Crippen LogP) is 4.96. The smallest absolute Gasteiger partial charge is 0.293 e. The Kier molecular flexibility index (Phi) is 5.74. The quantitative estimate of drug-likeness (QED) is 0.578. The van der Waals surface area contributed by atoms with Gasteiger partial charge in [0.1, 0.15) is 5.69 Å². The van der Waals surface area contributed by atoms with Gasteiger partial charge in [-0.1, -0.05) is 26.0 Å². The molecular weight excluding hydrogens is 342 g/mol. The molecule has 1 amide bonds. The van der Waals surface area contributed by atoms with Crippen molar-refractivity contribution in [2.45, 2.75) is 39.0 Å². The first-order chi connectivity index (χ1) is 13.0. The Morgan fingerprint density at radius 3 is 2.44 bits per heavy atom. The van der Waals surface area contributed by atoms with Gasteiger partial charge in [0.05, 0.1) is 4.92 Å². The van der Waals surface area contributed by atoms with E-state index in [2.05, 4.69) is 19.2 Å². The van der Waals surface area contributed by atoms with Crippen LogP contribution < -0.4 is 10.2 Å². The van der Waals surface area contributed by atoms with Crippen LogP contribution in [0.5, 0.6) is 0 Å². The van der Waals surface area contributed by atoms with Crippen LogP contribution in [0.15, 0.2) is 42.5 Å². The molecule has 1 aliphatic rings. The van der Waals surface area contributed by atoms with Crippen molar-refractivity contribution in [1.82, 2.24) is 0 Å². The molecule has 0 aliphatic carbocycles. The number of anilines is 2. The molecule has 142 valence electrons. The maximum atomic E-state index is 12.5. The number of hydrogen-bond acceptors (Lipinski definition) is 4. The van der Waals surface area contributed by atoms with E-state index in [4.69, 9.17) is 0 Å². The van der Waals surface area contributed by atoms with E-state index in [1.807, 2.05) is 29.2 Å². The molecule has 6 heteroatoms. The molecular formula is C21H25N3O3. The van der Waals surface area contributed by atoms with Gasteiger partial charge in [-0.05, 0) is 55.0 Å². The summed E-state index contributed by atoms with van der Waals surface area (Å²) in [5.41, 5.74) is 2.76. The first-order valence-electron chi connectivity index (χ1n) is 9.44. The number of carbonyl (C=O) groups excluding carboxylic acids is 1. The number of nitro groups is 1. The molecule has 3 rings (SSSR count). The van der Waals surface area contributed by atoms with Crippen LogP contribution in [0.3, 0.4) is 0 Å². The Morgan fingerprint density at radius 1 is 1.19 bits per heavy atom. The molecule has 0 radical (unpaired) electrons. The van der Waals surface area contributed by atoms with Crippen molar-refractivity contribution in [3.05, 3.63) is 63.7 Å². The van der Waals surface area contributed by atoms with Crippen molar-refractivity contribution in [3.63, 3.8) is 0 Å². The van der Waals surface area contributed by atoms with E-state index in [1.165, 1.54) is 11.6 Å². The van der Waals surface area contributed by atoms with Crippen molar-refractivity contribution in [2.75, 3.05) is 23.3 Å². The highest BCUT2D eigenvalue weighted by Gasteiger charge is 2.23.